The SMILES string of the molecule is CC[C@H](C)[C@@H]1NC(=O)[C@H](CC(C)C)NC(=O)[C@H](C)NC(=O)[C@@H](NC(=O)[C@@H](C)CC(C)C)CSCc2cccc(c2)CSC[C@@H](C(N)=O)NC1=O. The van der Waals surface area contributed by atoms with Gasteiger partial charge >= 0.3 is 0 Å². The number of hydrogen-bond donors (Lipinski definition) is 6. The van der Waals surface area contributed by atoms with Crippen LogP contribution in [0, 0.1) is 23.7 Å². The monoisotopic (exact) mass is 734 g/mol. The molecule has 12 nitrogen and oxygen atoms in total. The van der Waals surface area contributed by atoms with Crippen LogP contribution in [0.3, 0.4) is 0 Å². The molecule has 1 aromatic rings. The number of thioether (sulfide) groups is 2. The molecule has 6 amide bonds. The Kier molecular flexibility index (Phi) is 18.2. The molecule has 0 unspecified atom stereocenters. The summed E-state index contributed by atoms with van der Waals surface area (Å²) in [6, 6.07) is 3.05. The van der Waals surface area contributed by atoms with Gasteiger partial charge in [0.05, 0.1) is 0 Å². The number of carbonyl (C=O) groups is 6. The van der Waals surface area contributed by atoms with Gasteiger partial charge in [-0.3, -0.25) is 28.8 Å². The normalized spacial score (nSPS) is 24.8. The van der Waals surface area contributed by atoms with E-state index in [9.17, 15) is 28.8 Å². The highest BCUT2D eigenvalue weighted by Crippen LogP contribution is 2.20. The number of fused-ring (bicyclic) bond motifs is 2. The number of nitrogens with one attached hydrogen (secondary N) is 5. The van der Waals surface area contributed by atoms with Crippen LogP contribution in [-0.2, 0) is 40.3 Å². The van der Waals surface area contributed by atoms with E-state index < -0.39 is 59.7 Å². The minimum absolute atomic E-state index is 0.00524. The van der Waals surface area contributed by atoms with Crippen molar-refractivity contribution in [3.63, 3.8) is 0 Å². The van der Waals surface area contributed by atoms with E-state index in [-0.39, 0.29) is 41.6 Å². The van der Waals surface area contributed by atoms with Crippen LogP contribution in [0.2, 0.25) is 0 Å². The Balaban J connectivity index is 2.45. The van der Waals surface area contributed by atoms with E-state index >= 15 is 0 Å². The summed E-state index contributed by atoms with van der Waals surface area (Å²) in [5.74, 6) is -1.75. The molecule has 280 valence electrons. The van der Waals surface area contributed by atoms with Gasteiger partial charge in [-0.25, -0.2) is 0 Å². The van der Waals surface area contributed by atoms with Crippen LogP contribution in [0.4, 0.5) is 0 Å². The minimum Gasteiger partial charge on any atom is -0.368 e. The first-order valence-corrected chi connectivity index (χ1v) is 19.9. The van der Waals surface area contributed by atoms with Gasteiger partial charge in [0, 0.05) is 28.9 Å². The number of hydrogen-bond acceptors (Lipinski definition) is 8. The third kappa shape index (κ3) is 14.5. The van der Waals surface area contributed by atoms with Gasteiger partial charge in [0.25, 0.3) is 0 Å². The van der Waals surface area contributed by atoms with Crippen molar-refractivity contribution in [1.29, 1.82) is 0 Å². The van der Waals surface area contributed by atoms with Crippen molar-refractivity contribution in [1.82, 2.24) is 26.6 Å². The molecule has 7 N–H and O–H groups in total. The van der Waals surface area contributed by atoms with E-state index in [0.717, 1.165) is 11.1 Å². The Hall–Kier alpha value is -3.26. The average Bonchev–Trinajstić information content (AvgIpc) is 3.04. The summed E-state index contributed by atoms with van der Waals surface area (Å²) in [5, 5.41) is 13.9. The molecule has 7 atom stereocenters. The molecule has 1 aliphatic heterocycles. The van der Waals surface area contributed by atoms with Crippen molar-refractivity contribution in [3.05, 3.63) is 35.4 Å². The standard InChI is InChI=1S/C36H58N6O6S2/c1-9-22(6)30-36(48)40-28(31(37)43)18-49-16-25-11-10-12-26(15-25)17-50-19-29(41-32(44)23(7)13-20(2)3)35(47)38-24(8)33(45)39-27(14-21(4)5)34(46)42-30/h10-12,15,20-24,27-30H,9,13-14,16-19H2,1-8H3,(H2,37,43)(H,38,47)(H,39,45)(H,40,48)(H,41,44)(H,42,46)/t22-,23-,24-,27-,28-,29-,30-/m0/s1. The largest absolute Gasteiger partial charge is 0.368 e. The lowest BCUT2D eigenvalue weighted by Crippen LogP contribution is -2.60. The van der Waals surface area contributed by atoms with Crippen LogP contribution in [0.25, 0.3) is 0 Å². The van der Waals surface area contributed by atoms with Crippen LogP contribution in [0.1, 0.15) is 85.8 Å². The van der Waals surface area contributed by atoms with Crippen molar-refractivity contribution in [2.24, 2.45) is 29.4 Å². The van der Waals surface area contributed by atoms with Crippen LogP contribution < -0.4 is 32.3 Å². The molecular weight excluding hydrogens is 677 g/mol. The smallest absolute Gasteiger partial charge is 0.244 e. The molecule has 0 saturated heterocycles. The third-order valence-electron chi connectivity index (χ3n) is 8.55. The number of benzene rings is 1. The second kappa shape index (κ2) is 21.2. The summed E-state index contributed by atoms with van der Waals surface area (Å²) in [5.41, 5.74) is 7.71. The fourth-order valence-electron chi connectivity index (χ4n) is 5.50. The fraction of sp³-hybridized carbons (Fsp3) is 0.667. The van der Waals surface area contributed by atoms with Crippen molar-refractivity contribution >= 4 is 59.0 Å². The first-order chi connectivity index (χ1) is 23.5. The lowest BCUT2D eigenvalue weighted by Gasteiger charge is -2.29. The summed E-state index contributed by atoms with van der Waals surface area (Å²) in [4.78, 5) is 79.7. The van der Waals surface area contributed by atoms with E-state index in [4.69, 9.17) is 5.73 Å². The molecule has 0 aliphatic carbocycles. The number of carbonyl (C=O) groups excluding carboxylic acids is 6. The van der Waals surface area contributed by atoms with Crippen molar-refractivity contribution in [2.75, 3.05) is 11.5 Å². The first kappa shape index (κ1) is 42.9. The molecule has 0 spiro atoms. The lowest BCUT2D eigenvalue weighted by atomic mass is 9.96. The zero-order chi connectivity index (χ0) is 37.5. The number of rotatable bonds is 9. The highest BCUT2D eigenvalue weighted by atomic mass is 32.2. The maximum atomic E-state index is 13.7. The van der Waals surface area contributed by atoms with Gasteiger partial charge in [0.1, 0.15) is 30.2 Å². The van der Waals surface area contributed by atoms with E-state index in [1.165, 1.54) is 30.4 Å². The zero-order valence-electron chi connectivity index (χ0n) is 30.8. The summed E-state index contributed by atoms with van der Waals surface area (Å²) >= 11 is 2.93. The molecule has 14 heteroatoms. The number of amides is 6. The zero-order valence-corrected chi connectivity index (χ0v) is 32.4. The highest BCUT2D eigenvalue weighted by molar-refractivity contribution is 7.98. The molecule has 0 saturated carbocycles. The van der Waals surface area contributed by atoms with Crippen LogP contribution in [-0.4, -0.2) is 77.2 Å². The Bertz CT molecular complexity index is 1330. The van der Waals surface area contributed by atoms with Crippen LogP contribution in [0.15, 0.2) is 24.3 Å². The maximum absolute atomic E-state index is 13.7. The third-order valence-corrected chi connectivity index (χ3v) is 10.8. The molecular formula is C36H58N6O6S2. The fourth-order valence-corrected chi connectivity index (χ4v) is 7.52. The molecule has 50 heavy (non-hydrogen) atoms. The second-order valence-corrected chi connectivity index (χ2v) is 16.3. The molecule has 2 bridgehead atoms. The van der Waals surface area contributed by atoms with Crippen molar-refractivity contribution < 1.29 is 28.8 Å². The maximum Gasteiger partial charge on any atom is 0.244 e. The summed E-state index contributed by atoms with van der Waals surface area (Å²) in [6.07, 6.45) is 1.49. The minimum atomic E-state index is -1.03. The van der Waals surface area contributed by atoms with Gasteiger partial charge in [-0.15, -0.1) is 0 Å². The van der Waals surface area contributed by atoms with Gasteiger partial charge in [0.15, 0.2) is 0 Å². The summed E-state index contributed by atoms with van der Waals surface area (Å²) in [6.45, 7) is 14.9. The van der Waals surface area contributed by atoms with E-state index in [2.05, 4.69) is 26.6 Å². The topological polar surface area (TPSA) is 189 Å². The van der Waals surface area contributed by atoms with Gasteiger partial charge in [-0.2, -0.15) is 23.5 Å². The van der Waals surface area contributed by atoms with Gasteiger partial charge in [-0.1, -0.05) is 79.2 Å². The van der Waals surface area contributed by atoms with Crippen LogP contribution in [0.5, 0.6) is 0 Å². The van der Waals surface area contributed by atoms with Crippen molar-refractivity contribution in [3.8, 4) is 0 Å². The quantitative estimate of drug-likeness (QED) is 0.223. The molecule has 0 aromatic heterocycles. The molecule has 2 rings (SSSR count). The Morgan fingerprint density at radius 2 is 1.46 bits per heavy atom. The van der Waals surface area contributed by atoms with Gasteiger partial charge in [0.2, 0.25) is 35.4 Å². The Morgan fingerprint density at radius 3 is 2.02 bits per heavy atom. The van der Waals surface area contributed by atoms with E-state index in [1.807, 2.05) is 72.7 Å². The Morgan fingerprint density at radius 1 is 0.840 bits per heavy atom. The predicted octanol–water partition coefficient (Wildman–Crippen LogP) is 2.87. The molecule has 1 aromatic carbocycles. The molecule has 0 radical (unpaired) electrons. The van der Waals surface area contributed by atoms with Gasteiger partial charge < -0.3 is 32.3 Å². The van der Waals surface area contributed by atoms with Crippen molar-refractivity contribution in [2.45, 2.75) is 116 Å². The average molecular weight is 735 g/mol. The van der Waals surface area contributed by atoms with Gasteiger partial charge in [-0.05, 0) is 48.6 Å². The predicted molar refractivity (Wildman–Crippen MR) is 201 cm³/mol. The number of nitrogens with two attached hydrogens (primary N) is 1. The number of primary amides is 1. The van der Waals surface area contributed by atoms with E-state index in [0.29, 0.717) is 30.3 Å². The first-order valence-electron chi connectivity index (χ1n) is 17.6. The van der Waals surface area contributed by atoms with Crippen LogP contribution >= 0.6 is 23.5 Å². The second-order valence-electron chi connectivity index (χ2n) is 14.2. The Labute approximate surface area is 306 Å². The lowest BCUT2D eigenvalue weighted by molar-refractivity contribution is -0.135. The molecule has 1 heterocycles. The van der Waals surface area contributed by atoms with E-state index in [1.54, 1.807) is 0 Å². The summed E-state index contributed by atoms with van der Waals surface area (Å²) in [7, 11) is 0. The highest BCUT2D eigenvalue weighted by Gasteiger charge is 2.33. The summed E-state index contributed by atoms with van der Waals surface area (Å²) < 4.78 is 0. The molecule has 1 aliphatic rings. The molecule has 0 fully saturated rings.